The van der Waals surface area contributed by atoms with Crippen molar-refractivity contribution >= 4 is 5.69 Å². The molecule has 0 saturated heterocycles. The molecule has 0 bridgehead atoms. The summed E-state index contributed by atoms with van der Waals surface area (Å²) in [4.78, 5) is 0. The molecular weight excluding hydrogens is 231 g/mol. The van der Waals surface area contributed by atoms with E-state index >= 15 is 0 Å². The third kappa shape index (κ3) is 3.28. The van der Waals surface area contributed by atoms with Crippen LogP contribution in [0.25, 0.3) is 0 Å². The van der Waals surface area contributed by atoms with E-state index in [2.05, 4.69) is 10.1 Å². The number of hydrogen-bond donors (Lipinski definition) is 1. The lowest BCUT2D eigenvalue weighted by Crippen LogP contribution is -2.19. The first-order valence-corrected chi connectivity index (χ1v) is 5.33. The third-order valence-electron chi connectivity index (χ3n) is 2.55. The Kier molecular flexibility index (Phi) is 3.91. The molecule has 0 saturated carbocycles. The van der Waals surface area contributed by atoms with Crippen molar-refractivity contribution in [1.82, 2.24) is 0 Å². The van der Waals surface area contributed by atoms with Gasteiger partial charge in [-0.1, -0.05) is 13.8 Å². The van der Waals surface area contributed by atoms with E-state index in [1.54, 1.807) is 20.0 Å². The number of benzene rings is 1. The summed E-state index contributed by atoms with van der Waals surface area (Å²) in [5.41, 5.74) is 2.17. The number of alkyl halides is 3. The molecule has 0 aliphatic carbocycles. The van der Waals surface area contributed by atoms with Crippen molar-refractivity contribution in [3.63, 3.8) is 0 Å². The molecule has 0 aliphatic rings. The van der Waals surface area contributed by atoms with Crippen LogP contribution >= 0.6 is 0 Å². The Morgan fingerprint density at radius 2 is 1.82 bits per heavy atom. The molecule has 0 heterocycles. The molecule has 1 rings (SSSR count). The monoisotopic (exact) mass is 247 g/mol. The largest absolute Gasteiger partial charge is 0.573 e. The van der Waals surface area contributed by atoms with Crippen molar-refractivity contribution in [3.8, 4) is 5.75 Å². The first-order chi connectivity index (χ1) is 7.76. The lowest BCUT2D eigenvalue weighted by atomic mass is 9.95. The summed E-state index contributed by atoms with van der Waals surface area (Å²) >= 11 is 0. The van der Waals surface area contributed by atoms with Crippen LogP contribution in [-0.2, 0) is 0 Å². The molecule has 0 atom stereocenters. The maximum absolute atomic E-state index is 12.3. The Balaban J connectivity index is 3.27. The van der Waals surface area contributed by atoms with Gasteiger partial charge in [-0.2, -0.15) is 0 Å². The summed E-state index contributed by atoms with van der Waals surface area (Å²) in [6.07, 6.45) is -4.66. The maximum atomic E-state index is 12.3. The van der Waals surface area contributed by atoms with Gasteiger partial charge in [-0.05, 0) is 30.5 Å². The van der Waals surface area contributed by atoms with Crippen LogP contribution in [-0.4, -0.2) is 13.4 Å². The van der Waals surface area contributed by atoms with Gasteiger partial charge < -0.3 is 10.1 Å². The van der Waals surface area contributed by atoms with Crippen LogP contribution in [0.2, 0.25) is 0 Å². The average Bonchev–Trinajstić information content (AvgIpc) is 2.14. The molecule has 1 aromatic carbocycles. The minimum Gasteiger partial charge on any atom is -0.405 e. The number of hydrogen-bond acceptors (Lipinski definition) is 2. The zero-order chi connectivity index (χ0) is 13.2. The Bertz CT molecular complexity index is 399. The maximum Gasteiger partial charge on any atom is 0.573 e. The van der Waals surface area contributed by atoms with E-state index in [0.717, 1.165) is 11.3 Å². The first-order valence-electron chi connectivity index (χ1n) is 5.33. The van der Waals surface area contributed by atoms with E-state index in [1.807, 2.05) is 13.8 Å². The summed E-state index contributed by atoms with van der Waals surface area (Å²) in [6.45, 7) is 5.46. The predicted molar refractivity (Wildman–Crippen MR) is 61.5 cm³/mol. The van der Waals surface area contributed by atoms with Crippen molar-refractivity contribution in [2.24, 2.45) is 0 Å². The summed E-state index contributed by atoms with van der Waals surface area (Å²) < 4.78 is 40.8. The van der Waals surface area contributed by atoms with Crippen molar-refractivity contribution in [3.05, 3.63) is 23.3 Å². The number of anilines is 1. The predicted octanol–water partition coefficient (Wildman–Crippen LogP) is 4.06. The quantitative estimate of drug-likeness (QED) is 0.869. The number of ether oxygens (including phenoxy) is 1. The molecule has 2 nitrogen and oxygen atoms in total. The Morgan fingerprint density at radius 1 is 1.24 bits per heavy atom. The molecule has 0 radical (unpaired) electrons. The molecule has 0 aliphatic heterocycles. The van der Waals surface area contributed by atoms with Gasteiger partial charge in [0.1, 0.15) is 5.75 Å². The zero-order valence-corrected chi connectivity index (χ0v) is 10.3. The van der Waals surface area contributed by atoms with Crippen LogP contribution < -0.4 is 10.1 Å². The fraction of sp³-hybridized carbons (Fsp3) is 0.500. The topological polar surface area (TPSA) is 21.3 Å². The molecule has 0 fully saturated rings. The lowest BCUT2D eigenvalue weighted by Gasteiger charge is -2.20. The van der Waals surface area contributed by atoms with Crippen molar-refractivity contribution in [2.75, 3.05) is 12.4 Å². The van der Waals surface area contributed by atoms with E-state index in [-0.39, 0.29) is 11.7 Å². The smallest absolute Gasteiger partial charge is 0.405 e. The first kappa shape index (κ1) is 13.7. The number of nitrogens with one attached hydrogen (secondary N) is 1. The zero-order valence-electron chi connectivity index (χ0n) is 10.3. The molecule has 17 heavy (non-hydrogen) atoms. The van der Waals surface area contributed by atoms with Crippen LogP contribution in [0.5, 0.6) is 5.75 Å². The second-order valence-corrected chi connectivity index (χ2v) is 4.10. The normalized spacial score (nSPS) is 11.8. The highest BCUT2D eigenvalue weighted by Gasteiger charge is 2.32. The van der Waals surface area contributed by atoms with Gasteiger partial charge in [0, 0.05) is 18.3 Å². The molecule has 0 spiro atoms. The molecule has 0 unspecified atom stereocenters. The third-order valence-corrected chi connectivity index (χ3v) is 2.55. The molecule has 5 heteroatoms. The fourth-order valence-electron chi connectivity index (χ4n) is 1.91. The number of halogens is 3. The van der Waals surface area contributed by atoms with Gasteiger partial charge in [0.15, 0.2) is 0 Å². The minimum absolute atomic E-state index is 0.0411. The van der Waals surface area contributed by atoms with E-state index < -0.39 is 6.36 Å². The molecule has 1 aromatic rings. The number of rotatable bonds is 3. The van der Waals surface area contributed by atoms with Gasteiger partial charge in [-0.15, -0.1) is 13.2 Å². The van der Waals surface area contributed by atoms with Gasteiger partial charge in [-0.3, -0.25) is 0 Å². The minimum atomic E-state index is -4.66. The molecule has 0 amide bonds. The van der Waals surface area contributed by atoms with E-state index in [1.165, 1.54) is 6.07 Å². The standard InChI is InChI=1S/C12H16F3NO/c1-7(2)11-8(3)9(16-4)5-6-10(11)17-12(13,14)15/h5-7,16H,1-4H3. The van der Waals surface area contributed by atoms with Gasteiger partial charge in [0.05, 0.1) is 0 Å². The molecule has 0 aromatic heterocycles. The Morgan fingerprint density at radius 3 is 2.24 bits per heavy atom. The van der Waals surface area contributed by atoms with Crippen LogP contribution in [0.1, 0.15) is 30.9 Å². The van der Waals surface area contributed by atoms with Crippen LogP contribution in [0.4, 0.5) is 18.9 Å². The van der Waals surface area contributed by atoms with Gasteiger partial charge in [0.25, 0.3) is 0 Å². The van der Waals surface area contributed by atoms with Gasteiger partial charge in [-0.25, -0.2) is 0 Å². The van der Waals surface area contributed by atoms with Gasteiger partial charge >= 0.3 is 6.36 Å². The SMILES string of the molecule is CNc1ccc(OC(F)(F)F)c(C(C)C)c1C. The van der Waals surface area contributed by atoms with Crippen molar-refractivity contribution in [2.45, 2.75) is 33.1 Å². The van der Waals surface area contributed by atoms with E-state index in [9.17, 15) is 13.2 Å². The molecule has 96 valence electrons. The highest BCUT2D eigenvalue weighted by molar-refractivity contribution is 5.59. The lowest BCUT2D eigenvalue weighted by molar-refractivity contribution is -0.274. The fourth-order valence-corrected chi connectivity index (χ4v) is 1.91. The average molecular weight is 247 g/mol. The summed E-state index contributed by atoms with van der Waals surface area (Å²) in [6, 6.07) is 2.93. The van der Waals surface area contributed by atoms with E-state index in [4.69, 9.17) is 0 Å². The Hall–Kier alpha value is -1.39. The van der Waals surface area contributed by atoms with Crippen LogP contribution in [0.3, 0.4) is 0 Å². The second-order valence-electron chi connectivity index (χ2n) is 4.10. The second kappa shape index (κ2) is 4.85. The van der Waals surface area contributed by atoms with E-state index in [0.29, 0.717) is 5.56 Å². The van der Waals surface area contributed by atoms with Crippen LogP contribution in [0.15, 0.2) is 12.1 Å². The van der Waals surface area contributed by atoms with Gasteiger partial charge in [0.2, 0.25) is 0 Å². The molecular formula is C12H16F3NO. The highest BCUT2D eigenvalue weighted by atomic mass is 19.4. The Labute approximate surface area is 98.8 Å². The van der Waals surface area contributed by atoms with Crippen molar-refractivity contribution in [1.29, 1.82) is 0 Å². The summed E-state index contributed by atoms with van der Waals surface area (Å²) in [7, 11) is 1.73. The summed E-state index contributed by atoms with van der Waals surface area (Å²) in [5.74, 6) is -0.162. The summed E-state index contributed by atoms with van der Waals surface area (Å²) in [5, 5.41) is 2.94. The van der Waals surface area contributed by atoms with Crippen molar-refractivity contribution < 1.29 is 17.9 Å². The highest BCUT2D eigenvalue weighted by Crippen LogP contribution is 2.36. The van der Waals surface area contributed by atoms with Crippen LogP contribution in [0, 0.1) is 6.92 Å². The molecule has 1 N–H and O–H groups in total.